The van der Waals surface area contributed by atoms with Crippen molar-refractivity contribution in [2.24, 2.45) is 0 Å². The maximum absolute atomic E-state index is 10.5. The van der Waals surface area contributed by atoms with Gasteiger partial charge in [-0.1, -0.05) is 0 Å². The van der Waals surface area contributed by atoms with E-state index >= 15 is 0 Å². The lowest BCUT2D eigenvalue weighted by molar-refractivity contribution is -0.401. The molecule has 2 rings (SSSR count). The Kier molecular flexibility index (Phi) is 2.16. The number of nitrogens with one attached hydrogen (secondary N) is 1. The fourth-order valence-corrected chi connectivity index (χ4v) is 1.13. The van der Waals surface area contributed by atoms with Crippen molar-refractivity contribution in [3.63, 3.8) is 0 Å². The molecule has 0 aliphatic carbocycles. The molecule has 0 spiro atoms. The molecule has 0 aromatic carbocycles. The molecule has 2 aromatic rings. The number of aromatic carboxylic acids is 1. The number of H-pyrrole nitrogens is 1. The zero-order valence-corrected chi connectivity index (χ0v) is 7.71. The van der Waals surface area contributed by atoms with Crippen LogP contribution in [0, 0.1) is 10.1 Å². The van der Waals surface area contributed by atoms with E-state index in [0.29, 0.717) is 0 Å². The Balaban J connectivity index is 2.35. The summed E-state index contributed by atoms with van der Waals surface area (Å²) in [5, 5.41) is 24.9. The smallest absolute Gasteiger partial charge is 0.433 e. The summed E-state index contributed by atoms with van der Waals surface area (Å²) in [5.74, 6) is -1.45. The lowest BCUT2D eigenvalue weighted by atomic mass is 10.3. The zero-order valence-electron chi connectivity index (χ0n) is 7.71. The predicted octanol–water partition coefficient (Wildman–Crippen LogP) is 1.28. The summed E-state index contributed by atoms with van der Waals surface area (Å²) in [4.78, 5) is 20.2. The van der Waals surface area contributed by atoms with Gasteiger partial charge in [-0.15, -0.1) is 0 Å². The number of carboxylic acid groups (broad SMARTS) is 1. The molecule has 2 heterocycles. The molecule has 2 N–H and O–H groups in total. The molecule has 0 saturated heterocycles. The fourth-order valence-electron chi connectivity index (χ4n) is 1.13. The highest BCUT2D eigenvalue weighted by Crippen LogP contribution is 2.24. The topological polar surface area (TPSA) is 122 Å². The second kappa shape index (κ2) is 3.50. The molecule has 16 heavy (non-hydrogen) atoms. The maximum atomic E-state index is 10.5. The molecular formula is C8H5N3O5. The molecule has 8 heteroatoms. The van der Waals surface area contributed by atoms with E-state index in [9.17, 15) is 14.9 Å². The van der Waals surface area contributed by atoms with Gasteiger partial charge in [-0.05, 0) is 6.07 Å². The Hall–Kier alpha value is -2.64. The number of hydrogen-bond acceptors (Lipinski definition) is 5. The molecule has 8 nitrogen and oxygen atoms in total. The molecule has 0 radical (unpaired) electrons. The van der Waals surface area contributed by atoms with E-state index < -0.39 is 16.8 Å². The van der Waals surface area contributed by atoms with E-state index in [4.69, 9.17) is 9.52 Å². The standard InChI is InChI=1S/C8H5N3O5/c12-8(13)5-3-4(9-10-5)6-1-2-7(16-6)11(14)15/h1-3H,(H,9,10)(H,12,13). The lowest BCUT2D eigenvalue weighted by Gasteiger charge is -1.86. The van der Waals surface area contributed by atoms with Gasteiger partial charge in [0, 0.05) is 6.07 Å². The van der Waals surface area contributed by atoms with Crippen molar-refractivity contribution in [1.29, 1.82) is 0 Å². The zero-order chi connectivity index (χ0) is 11.7. The molecule has 0 atom stereocenters. The average Bonchev–Trinajstić information content (AvgIpc) is 2.86. The first-order valence-electron chi connectivity index (χ1n) is 4.11. The van der Waals surface area contributed by atoms with Crippen LogP contribution in [-0.2, 0) is 0 Å². The van der Waals surface area contributed by atoms with Crippen molar-refractivity contribution >= 4 is 11.9 Å². The van der Waals surface area contributed by atoms with Crippen LogP contribution >= 0.6 is 0 Å². The Labute approximate surface area is 87.7 Å². The number of carboxylic acids is 1. The first-order valence-corrected chi connectivity index (χ1v) is 4.11. The van der Waals surface area contributed by atoms with E-state index in [1.165, 1.54) is 18.2 Å². The molecule has 0 aliphatic rings. The monoisotopic (exact) mass is 223 g/mol. The normalized spacial score (nSPS) is 10.2. The largest absolute Gasteiger partial charge is 0.476 e. The van der Waals surface area contributed by atoms with Crippen molar-refractivity contribution in [3.05, 3.63) is 34.0 Å². The van der Waals surface area contributed by atoms with Crippen LogP contribution in [0.15, 0.2) is 22.6 Å². The molecule has 0 bridgehead atoms. The number of rotatable bonds is 3. The number of aromatic nitrogens is 2. The minimum Gasteiger partial charge on any atom is -0.476 e. The van der Waals surface area contributed by atoms with Crippen molar-refractivity contribution < 1.29 is 19.2 Å². The summed E-state index contributed by atoms with van der Waals surface area (Å²) in [7, 11) is 0. The van der Waals surface area contributed by atoms with Gasteiger partial charge in [0.05, 0.1) is 6.07 Å². The van der Waals surface area contributed by atoms with Gasteiger partial charge in [-0.2, -0.15) is 5.10 Å². The predicted molar refractivity (Wildman–Crippen MR) is 49.9 cm³/mol. The third-order valence-electron chi connectivity index (χ3n) is 1.83. The van der Waals surface area contributed by atoms with Crippen molar-refractivity contribution in [2.75, 3.05) is 0 Å². The van der Waals surface area contributed by atoms with Crippen molar-refractivity contribution in [1.82, 2.24) is 10.2 Å². The van der Waals surface area contributed by atoms with Gasteiger partial charge < -0.3 is 9.52 Å². The van der Waals surface area contributed by atoms with Crippen molar-refractivity contribution in [3.8, 4) is 11.5 Å². The molecule has 0 unspecified atom stereocenters. The second-order valence-corrected chi connectivity index (χ2v) is 2.87. The first-order chi connectivity index (χ1) is 7.58. The molecule has 0 saturated carbocycles. The molecule has 0 fully saturated rings. The van der Waals surface area contributed by atoms with Crippen LogP contribution in [0.3, 0.4) is 0 Å². The van der Waals surface area contributed by atoms with E-state index in [-0.39, 0.29) is 17.1 Å². The SMILES string of the molecule is O=C(O)c1cc(-c2ccc([N+](=O)[O-])o2)[nH]n1. The minimum absolute atomic E-state index is 0.159. The number of nitrogens with zero attached hydrogens (tertiary/aromatic N) is 2. The second-order valence-electron chi connectivity index (χ2n) is 2.87. The number of aromatic amines is 1. The summed E-state index contributed by atoms with van der Waals surface area (Å²) in [5.41, 5.74) is 0.0829. The van der Waals surface area contributed by atoms with E-state index in [0.717, 1.165) is 0 Å². The summed E-state index contributed by atoms with van der Waals surface area (Å²) < 4.78 is 4.86. The van der Waals surface area contributed by atoms with Crippen LogP contribution in [0.1, 0.15) is 10.5 Å². The fraction of sp³-hybridized carbons (Fsp3) is 0. The minimum atomic E-state index is -1.19. The van der Waals surface area contributed by atoms with Gasteiger partial charge in [0.2, 0.25) is 0 Å². The van der Waals surface area contributed by atoms with Gasteiger partial charge >= 0.3 is 11.9 Å². The number of carbonyl (C=O) groups is 1. The van der Waals surface area contributed by atoms with Crippen LogP contribution in [0.4, 0.5) is 5.88 Å². The molecule has 82 valence electrons. The molecule has 2 aromatic heterocycles. The Morgan fingerprint density at radius 3 is 2.81 bits per heavy atom. The highest BCUT2D eigenvalue weighted by atomic mass is 16.6. The van der Waals surface area contributed by atoms with E-state index in [1.54, 1.807) is 0 Å². The summed E-state index contributed by atoms with van der Waals surface area (Å²) in [6.07, 6.45) is 0. The summed E-state index contributed by atoms with van der Waals surface area (Å²) in [6.45, 7) is 0. The van der Waals surface area contributed by atoms with Crippen LogP contribution in [-0.4, -0.2) is 26.2 Å². The van der Waals surface area contributed by atoms with E-state index in [1.807, 2.05) is 0 Å². The number of hydrogen-bond donors (Lipinski definition) is 2. The molecule has 0 aliphatic heterocycles. The third-order valence-corrected chi connectivity index (χ3v) is 1.83. The Morgan fingerprint density at radius 2 is 2.31 bits per heavy atom. The quantitative estimate of drug-likeness (QED) is 0.596. The van der Waals surface area contributed by atoms with Gasteiger partial charge in [0.15, 0.2) is 11.5 Å². The highest BCUT2D eigenvalue weighted by molar-refractivity contribution is 5.86. The third kappa shape index (κ3) is 1.63. The van der Waals surface area contributed by atoms with Crippen LogP contribution in [0.2, 0.25) is 0 Å². The number of nitro groups is 1. The van der Waals surface area contributed by atoms with E-state index in [2.05, 4.69) is 10.2 Å². The molecule has 0 amide bonds. The molecular weight excluding hydrogens is 218 g/mol. The first kappa shape index (κ1) is 9.90. The van der Waals surface area contributed by atoms with Crippen LogP contribution in [0.25, 0.3) is 11.5 Å². The average molecular weight is 223 g/mol. The van der Waals surface area contributed by atoms with Crippen LogP contribution in [0.5, 0.6) is 0 Å². The number of furan rings is 1. The van der Waals surface area contributed by atoms with Gasteiger partial charge in [-0.3, -0.25) is 15.2 Å². The highest BCUT2D eigenvalue weighted by Gasteiger charge is 2.16. The van der Waals surface area contributed by atoms with Crippen LogP contribution < -0.4 is 0 Å². The summed E-state index contributed by atoms with van der Waals surface area (Å²) >= 11 is 0. The van der Waals surface area contributed by atoms with Gasteiger partial charge in [-0.25, -0.2) is 4.79 Å². The van der Waals surface area contributed by atoms with Crippen molar-refractivity contribution in [2.45, 2.75) is 0 Å². The maximum Gasteiger partial charge on any atom is 0.433 e. The Bertz CT molecular complexity index is 505. The summed E-state index contributed by atoms with van der Waals surface area (Å²) in [6, 6.07) is 3.76. The lowest BCUT2D eigenvalue weighted by Crippen LogP contribution is -1.95. The van der Waals surface area contributed by atoms with Gasteiger partial charge in [0.1, 0.15) is 10.6 Å². The van der Waals surface area contributed by atoms with Gasteiger partial charge in [0.25, 0.3) is 0 Å². The Morgan fingerprint density at radius 1 is 1.56 bits per heavy atom.